The molecule has 3 heteroatoms. The first-order valence-corrected chi connectivity index (χ1v) is 7.21. The maximum Gasteiger partial charge on any atom is 0.122 e. The van der Waals surface area contributed by atoms with Gasteiger partial charge in [-0.1, -0.05) is 18.2 Å². The van der Waals surface area contributed by atoms with Gasteiger partial charge in [0, 0.05) is 6.61 Å². The van der Waals surface area contributed by atoms with Crippen LogP contribution in [0.5, 0.6) is 5.75 Å². The van der Waals surface area contributed by atoms with E-state index >= 15 is 0 Å². The monoisotopic (exact) mass is 273 g/mol. The topological polar surface area (TPSA) is 42.2 Å². The number of nitriles is 1. The lowest BCUT2D eigenvalue weighted by atomic mass is 9.78. The fraction of sp³-hybridized carbons (Fsp3) is 0.588. The van der Waals surface area contributed by atoms with Crippen LogP contribution in [0, 0.1) is 23.2 Å². The minimum Gasteiger partial charge on any atom is -0.496 e. The molecule has 2 atom stereocenters. The molecule has 1 aromatic carbocycles. The Labute approximate surface area is 121 Å². The third kappa shape index (κ3) is 3.52. The van der Waals surface area contributed by atoms with E-state index < -0.39 is 0 Å². The maximum absolute atomic E-state index is 9.54. The van der Waals surface area contributed by atoms with Gasteiger partial charge in [-0.15, -0.1) is 0 Å². The van der Waals surface area contributed by atoms with Crippen molar-refractivity contribution in [1.82, 2.24) is 0 Å². The van der Waals surface area contributed by atoms with E-state index in [0.717, 1.165) is 37.2 Å². The Hall–Kier alpha value is -1.53. The van der Waals surface area contributed by atoms with Gasteiger partial charge in [0.15, 0.2) is 0 Å². The molecule has 0 aromatic heterocycles. The summed E-state index contributed by atoms with van der Waals surface area (Å²) in [7, 11) is 1.68. The molecule has 1 aromatic rings. The van der Waals surface area contributed by atoms with Crippen LogP contribution in [-0.4, -0.2) is 19.3 Å². The number of ether oxygens (including phenoxy) is 2. The maximum atomic E-state index is 9.54. The first kappa shape index (κ1) is 14.9. The molecule has 1 heterocycles. The number of hydrogen-bond acceptors (Lipinski definition) is 3. The van der Waals surface area contributed by atoms with Gasteiger partial charge in [-0.3, -0.25) is 0 Å². The Morgan fingerprint density at radius 3 is 2.85 bits per heavy atom. The first-order chi connectivity index (χ1) is 9.55. The first-order valence-electron chi connectivity index (χ1n) is 7.21. The molecule has 0 amide bonds. The van der Waals surface area contributed by atoms with Gasteiger partial charge in [0.1, 0.15) is 5.75 Å². The predicted octanol–water partition coefficient (Wildman–Crippen LogP) is 3.58. The lowest BCUT2D eigenvalue weighted by Gasteiger charge is -2.37. The van der Waals surface area contributed by atoms with E-state index in [1.807, 2.05) is 24.3 Å². The molecule has 0 spiro atoms. The second-order valence-corrected chi connectivity index (χ2v) is 6.11. The van der Waals surface area contributed by atoms with Gasteiger partial charge in [-0.2, -0.15) is 5.26 Å². The van der Waals surface area contributed by atoms with Crippen molar-refractivity contribution < 1.29 is 9.47 Å². The number of methoxy groups -OCH3 is 1. The summed E-state index contributed by atoms with van der Waals surface area (Å²) in [5, 5.41) is 9.54. The molecule has 0 aliphatic carbocycles. The van der Waals surface area contributed by atoms with Crippen molar-refractivity contribution in [2.45, 2.75) is 38.7 Å². The molecule has 1 saturated heterocycles. The highest BCUT2D eigenvalue weighted by molar-refractivity contribution is 5.34. The smallest absolute Gasteiger partial charge is 0.122 e. The van der Waals surface area contributed by atoms with E-state index in [4.69, 9.17) is 9.47 Å². The summed E-state index contributed by atoms with van der Waals surface area (Å²) in [6.45, 7) is 4.97. The van der Waals surface area contributed by atoms with Crippen molar-refractivity contribution in [3.63, 3.8) is 0 Å². The van der Waals surface area contributed by atoms with Crippen LogP contribution in [0.3, 0.4) is 0 Å². The van der Waals surface area contributed by atoms with Crippen LogP contribution < -0.4 is 4.74 Å². The summed E-state index contributed by atoms with van der Waals surface area (Å²) >= 11 is 0. The second kappa shape index (κ2) is 6.28. The minimum atomic E-state index is -0.112. The summed E-state index contributed by atoms with van der Waals surface area (Å²) in [5.74, 6) is 1.29. The summed E-state index contributed by atoms with van der Waals surface area (Å²) < 4.78 is 11.1. The zero-order chi connectivity index (χ0) is 14.6. The van der Waals surface area contributed by atoms with Crippen LogP contribution in [0.25, 0.3) is 0 Å². The third-order valence-electron chi connectivity index (χ3n) is 4.10. The van der Waals surface area contributed by atoms with Crippen LogP contribution in [-0.2, 0) is 11.2 Å². The van der Waals surface area contributed by atoms with Crippen LogP contribution in [0.4, 0.5) is 0 Å². The van der Waals surface area contributed by atoms with Crippen molar-refractivity contribution in [2.75, 3.05) is 13.7 Å². The van der Waals surface area contributed by atoms with Crippen molar-refractivity contribution in [3.05, 3.63) is 29.8 Å². The molecule has 1 fully saturated rings. The number of para-hydroxylation sites is 1. The molecule has 0 N–H and O–H groups in total. The molecule has 1 aliphatic heterocycles. The zero-order valence-corrected chi connectivity index (χ0v) is 12.6. The Morgan fingerprint density at radius 2 is 2.20 bits per heavy atom. The number of nitrogens with zero attached hydrogens (tertiary/aromatic N) is 1. The van der Waals surface area contributed by atoms with Gasteiger partial charge in [-0.25, -0.2) is 0 Å². The van der Waals surface area contributed by atoms with Crippen LogP contribution in [0.2, 0.25) is 0 Å². The van der Waals surface area contributed by atoms with Gasteiger partial charge in [-0.05, 0) is 50.7 Å². The van der Waals surface area contributed by atoms with Gasteiger partial charge in [0.2, 0.25) is 0 Å². The highest BCUT2D eigenvalue weighted by atomic mass is 16.5. The number of rotatable bonds is 4. The molecule has 1 aliphatic rings. The van der Waals surface area contributed by atoms with Crippen molar-refractivity contribution >= 4 is 0 Å². The van der Waals surface area contributed by atoms with Crippen LogP contribution in [0.1, 0.15) is 32.3 Å². The quantitative estimate of drug-likeness (QED) is 0.842. The summed E-state index contributed by atoms with van der Waals surface area (Å²) in [5.41, 5.74) is 1.00. The second-order valence-electron chi connectivity index (χ2n) is 6.11. The van der Waals surface area contributed by atoms with E-state index in [9.17, 15) is 5.26 Å². The largest absolute Gasteiger partial charge is 0.496 e. The highest BCUT2D eigenvalue weighted by Crippen LogP contribution is 2.35. The highest BCUT2D eigenvalue weighted by Gasteiger charge is 2.33. The van der Waals surface area contributed by atoms with Gasteiger partial charge in [0.25, 0.3) is 0 Å². The van der Waals surface area contributed by atoms with E-state index in [1.54, 1.807) is 7.11 Å². The molecule has 2 rings (SSSR count). The summed E-state index contributed by atoms with van der Waals surface area (Å²) in [4.78, 5) is 0. The number of benzene rings is 1. The van der Waals surface area contributed by atoms with Crippen molar-refractivity contribution in [1.29, 1.82) is 5.26 Å². The number of hydrogen-bond donors (Lipinski definition) is 0. The average Bonchev–Trinajstić information content (AvgIpc) is 2.44. The van der Waals surface area contributed by atoms with E-state index in [1.165, 1.54) is 0 Å². The Bertz CT molecular complexity index is 490. The lowest BCUT2D eigenvalue weighted by molar-refractivity contribution is -0.0785. The zero-order valence-electron chi connectivity index (χ0n) is 12.6. The molecule has 0 bridgehead atoms. The molecule has 2 unspecified atom stereocenters. The Kier molecular flexibility index (Phi) is 4.67. The van der Waals surface area contributed by atoms with Gasteiger partial charge < -0.3 is 9.47 Å². The SMILES string of the molecule is COc1ccccc1CC(C#N)C1CCOC(C)(C)C1. The van der Waals surface area contributed by atoms with Crippen molar-refractivity contribution in [3.8, 4) is 11.8 Å². The van der Waals surface area contributed by atoms with Crippen LogP contribution in [0.15, 0.2) is 24.3 Å². The van der Waals surface area contributed by atoms with E-state index in [-0.39, 0.29) is 11.5 Å². The predicted molar refractivity (Wildman–Crippen MR) is 78.6 cm³/mol. The third-order valence-corrected chi connectivity index (χ3v) is 4.10. The Morgan fingerprint density at radius 1 is 1.45 bits per heavy atom. The fourth-order valence-corrected chi connectivity index (χ4v) is 3.05. The van der Waals surface area contributed by atoms with Crippen molar-refractivity contribution in [2.24, 2.45) is 11.8 Å². The fourth-order valence-electron chi connectivity index (χ4n) is 3.05. The van der Waals surface area contributed by atoms with Gasteiger partial charge in [0.05, 0.1) is 24.7 Å². The average molecular weight is 273 g/mol. The lowest BCUT2D eigenvalue weighted by Crippen LogP contribution is -2.37. The van der Waals surface area contributed by atoms with E-state index in [2.05, 4.69) is 19.9 Å². The Balaban J connectivity index is 2.11. The van der Waals surface area contributed by atoms with Gasteiger partial charge >= 0.3 is 0 Å². The molecule has 108 valence electrons. The molecule has 0 saturated carbocycles. The standard InChI is InChI=1S/C17H23NO2/c1-17(2)11-14(8-9-20-17)15(12-18)10-13-6-4-5-7-16(13)19-3/h4-7,14-15H,8-11H2,1-3H3. The minimum absolute atomic E-state index is 0.0227. The summed E-state index contributed by atoms with van der Waals surface area (Å²) in [6.07, 6.45) is 2.67. The summed E-state index contributed by atoms with van der Waals surface area (Å²) in [6, 6.07) is 10.5. The molecule has 20 heavy (non-hydrogen) atoms. The molecular weight excluding hydrogens is 250 g/mol. The normalized spacial score (nSPS) is 22.8. The molecular formula is C17H23NO2. The van der Waals surface area contributed by atoms with E-state index in [0.29, 0.717) is 5.92 Å². The molecule has 0 radical (unpaired) electrons. The molecule has 3 nitrogen and oxygen atoms in total. The van der Waals surface area contributed by atoms with Crippen LogP contribution >= 0.6 is 0 Å².